The molecule has 3 aromatic rings. The highest BCUT2D eigenvalue weighted by molar-refractivity contribution is 7.11. The molecule has 2 amide bonds. The minimum absolute atomic E-state index is 0.142. The third kappa shape index (κ3) is 3.73. The number of fused-ring (bicyclic) bond motifs is 1. The summed E-state index contributed by atoms with van der Waals surface area (Å²) < 4.78 is 25.1. The summed E-state index contributed by atoms with van der Waals surface area (Å²) in [6.07, 6.45) is 0.259. The number of rotatable bonds is 6. The quantitative estimate of drug-likeness (QED) is 0.626. The Kier molecular flexibility index (Phi) is 5.41. The lowest BCUT2D eigenvalue weighted by Crippen LogP contribution is -2.22. The maximum atomic E-state index is 14.3. The van der Waals surface area contributed by atoms with Crippen LogP contribution in [0.4, 0.5) is 10.1 Å². The molecule has 3 N–H and O–H groups in total. The van der Waals surface area contributed by atoms with Gasteiger partial charge in [-0.3, -0.25) is 9.59 Å². The second-order valence-corrected chi connectivity index (χ2v) is 7.75. The van der Waals surface area contributed by atoms with Crippen molar-refractivity contribution in [3.63, 3.8) is 0 Å². The molecule has 154 valence electrons. The van der Waals surface area contributed by atoms with Crippen molar-refractivity contribution < 1.29 is 23.5 Å². The lowest BCUT2D eigenvalue weighted by molar-refractivity contribution is -0.120. The third-order valence-corrected chi connectivity index (χ3v) is 6.01. The number of nitrogens with one attached hydrogen (secondary N) is 1. The van der Waals surface area contributed by atoms with Crippen LogP contribution in [0, 0.1) is 5.82 Å². The van der Waals surface area contributed by atoms with Gasteiger partial charge in [-0.1, -0.05) is 24.3 Å². The van der Waals surface area contributed by atoms with Crippen molar-refractivity contribution in [2.45, 2.75) is 12.3 Å². The number of hydrogen-bond acceptors (Lipinski definition) is 5. The van der Waals surface area contributed by atoms with Crippen molar-refractivity contribution in [3.05, 3.63) is 64.1 Å². The number of benzene rings is 2. The fraction of sp³-hybridized carbons (Fsp3) is 0.182. The first-order valence-electron chi connectivity index (χ1n) is 9.23. The van der Waals surface area contributed by atoms with Crippen LogP contribution in [0.1, 0.15) is 22.8 Å². The molecular weight excluding hydrogens is 407 g/mol. The minimum atomic E-state index is -0.589. The number of hydrogen-bond donors (Lipinski definition) is 2. The molecule has 30 heavy (non-hydrogen) atoms. The van der Waals surface area contributed by atoms with E-state index in [1.165, 1.54) is 24.5 Å². The first-order chi connectivity index (χ1) is 14.5. The lowest BCUT2D eigenvalue weighted by Gasteiger charge is -2.24. The number of anilines is 1. The molecule has 0 aliphatic carbocycles. The summed E-state index contributed by atoms with van der Waals surface area (Å²) in [5.41, 5.74) is 7.74. The molecule has 0 fully saturated rings. The first-order valence-corrected chi connectivity index (χ1v) is 10.1. The van der Waals surface area contributed by atoms with Crippen LogP contribution in [0.5, 0.6) is 11.5 Å². The minimum Gasteiger partial charge on any atom is -0.493 e. The number of carbonyl (C=O) groups excluding carboxylic acids is 2. The molecule has 1 aliphatic rings. The number of halogens is 1. The Morgan fingerprint density at radius 3 is 2.77 bits per heavy atom. The van der Waals surface area contributed by atoms with E-state index in [2.05, 4.69) is 5.32 Å². The summed E-state index contributed by atoms with van der Waals surface area (Å²) >= 11 is 1.48. The second kappa shape index (κ2) is 8.16. The topological polar surface area (TPSA) is 90.7 Å². The summed E-state index contributed by atoms with van der Waals surface area (Å²) in [4.78, 5) is 24.4. The van der Waals surface area contributed by atoms with E-state index in [1.54, 1.807) is 30.3 Å². The van der Waals surface area contributed by atoms with Crippen LogP contribution < -0.4 is 20.5 Å². The SMILES string of the molecule is COc1cc([C@H]2CC(=O)Nc3c(-c4ccccc4F)csc32)ccc1OCC(N)=O. The van der Waals surface area contributed by atoms with Crippen molar-refractivity contribution >= 4 is 28.8 Å². The summed E-state index contributed by atoms with van der Waals surface area (Å²) in [6, 6.07) is 11.8. The first kappa shape index (κ1) is 19.9. The van der Waals surface area contributed by atoms with E-state index in [4.69, 9.17) is 15.2 Å². The van der Waals surface area contributed by atoms with Gasteiger partial charge in [0.05, 0.1) is 12.8 Å². The van der Waals surface area contributed by atoms with Gasteiger partial charge in [-0.15, -0.1) is 11.3 Å². The van der Waals surface area contributed by atoms with Crippen LogP contribution in [0.2, 0.25) is 0 Å². The zero-order chi connectivity index (χ0) is 21.3. The average molecular weight is 426 g/mol. The van der Waals surface area contributed by atoms with E-state index >= 15 is 0 Å². The van der Waals surface area contributed by atoms with E-state index < -0.39 is 5.91 Å². The number of primary amides is 1. The van der Waals surface area contributed by atoms with Gasteiger partial charge in [0.15, 0.2) is 18.1 Å². The van der Waals surface area contributed by atoms with Gasteiger partial charge in [-0.05, 0) is 23.8 Å². The summed E-state index contributed by atoms with van der Waals surface area (Å²) in [5, 5.41) is 4.77. The van der Waals surface area contributed by atoms with Gasteiger partial charge in [0, 0.05) is 33.7 Å². The Balaban J connectivity index is 1.73. The van der Waals surface area contributed by atoms with Crippen LogP contribution in [-0.2, 0) is 9.59 Å². The van der Waals surface area contributed by atoms with Crippen LogP contribution in [-0.4, -0.2) is 25.5 Å². The summed E-state index contributed by atoms with van der Waals surface area (Å²) in [5.74, 6) is -0.457. The predicted octanol–water partition coefficient (Wildman–Crippen LogP) is 3.90. The van der Waals surface area contributed by atoms with E-state index in [0.29, 0.717) is 28.3 Å². The molecule has 1 atom stereocenters. The highest BCUT2D eigenvalue weighted by Crippen LogP contribution is 2.47. The zero-order valence-corrected chi connectivity index (χ0v) is 16.9. The molecule has 0 spiro atoms. The molecule has 1 aliphatic heterocycles. The Hall–Kier alpha value is -3.39. The van der Waals surface area contributed by atoms with Crippen LogP contribution in [0.3, 0.4) is 0 Å². The van der Waals surface area contributed by atoms with Gasteiger partial charge in [0.1, 0.15) is 5.82 Å². The molecule has 6 nitrogen and oxygen atoms in total. The Bertz CT molecular complexity index is 1130. The Morgan fingerprint density at radius 2 is 2.03 bits per heavy atom. The molecule has 1 aromatic heterocycles. The molecule has 0 radical (unpaired) electrons. The largest absolute Gasteiger partial charge is 0.493 e. The zero-order valence-electron chi connectivity index (χ0n) is 16.1. The van der Waals surface area contributed by atoms with E-state index in [1.807, 2.05) is 11.4 Å². The monoisotopic (exact) mass is 426 g/mol. The van der Waals surface area contributed by atoms with Crippen LogP contribution >= 0.6 is 11.3 Å². The maximum Gasteiger partial charge on any atom is 0.255 e. The highest BCUT2D eigenvalue weighted by Gasteiger charge is 2.31. The summed E-state index contributed by atoms with van der Waals surface area (Å²) in [7, 11) is 1.50. The summed E-state index contributed by atoms with van der Waals surface area (Å²) in [6.45, 7) is -0.261. The van der Waals surface area contributed by atoms with E-state index in [-0.39, 0.29) is 30.7 Å². The average Bonchev–Trinajstić information content (AvgIpc) is 3.15. The van der Waals surface area contributed by atoms with Gasteiger partial charge >= 0.3 is 0 Å². The highest BCUT2D eigenvalue weighted by atomic mass is 32.1. The fourth-order valence-corrected chi connectivity index (χ4v) is 4.70. The predicted molar refractivity (Wildman–Crippen MR) is 112 cm³/mol. The Morgan fingerprint density at radius 1 is 1.23 bits per heavy atom. The molecule has 4 rings (SSSR count). The third-order valence-electron chi connectivity index (χ3n) is 4.91. The van der Waals surface area contributed by atoms with E-state index in [9.17, 15) is 14.0 Å². The normalized spacial score (nSPS) is 15.3. The molecular formula is C22H19FN2O4S. The molecule has 0 unspecified atom stereocenters. The van der Waals surface area contributed by atoms with Crippen LogP contribution in [0.25, 0.3) is 11.1 Å². The fourth-order valence-electron chi connectivity index (χ4n) is 3.54. The maximum absolute atomic E-state index is 14.3. The van der Waals surface area contributed by atoms with Crippen LogP contribution in [0.15, 0.2) is 47.8 Å². The van der Waals surface area contributed by atoms with Crippen molar-refractivity contribution in [2.24, 2.45) is 5.73 Å². The lowest BCUT2D eigenvalue weighted by atomic mass is 9.89. The number of nitrogens with two attached hydrogens (primary N) is 1. The molecule has 2 heterocycles. The number of ether oxygens (including phenoxy) is 2. The number of amides is 2. The van der Waals surface area contributed by atoms with Crippen molar-refractivity contribution in [2.75, 3.05) is 19.0 Å². The second-order valence-electron chi connectivity index (χ2n) is 6.84. The molecule has 0 bridgehead atoms. The number of carbonyl (C=O) groups is 2. The van der Waals surface area contributed by atoms with Gasteiger partial charge in [-0.25, -0.2) is 4.39 Å². The smallest absolute Gasteiger partial charge is 0.255 e. The molecule has 0 saturated heterocycles. The van der Waals surface area contributed by atoms with Crippen molar-refractivity contribution in [1.82, 2.24) is 0 Å². The Labute approximate surface area is 176 Å². The molecule has 8 heteroatoms. The van der Waals surface area contributed by atoms with Crippen molar-refractivity contribution in [1.29, 1.82) is 0 Å². The molecule has 0 saturated carbocycles. The molecule has 2 aromatic carbocycles. The standard InChI is InChI=1S/C22H19FN2O4S/c1-28-18-8-12(6-7-17(18)29-10-19(24)26)14-9-20(27)25-21-15(11-30-22(14)21)13-4-2-3-5-16(13)23/h2-8,11,14H,9-10H2,1H3,(H2,24,26)(H,25,27)/t14-/m1/s1. The number of thiophene rings is 1. The van der Waals surface area contributed by atoms with E-state index in [0.717, 1.165) is 10.4 Å². The van der Waals surface area contributed by atoms with Gasteiger partial charge in [0.2, 0.25) is 5.91 Å². The van der Waals surface area contributed by atoms with Gasteiger partial charge in [-0.2, -0.15) is 0 Å². The number of methoxy groups -OCH3 is 1. The van der Waals surface area contributed by atoms with Gasteiger partial charge < -0.3 is 20.5 Å². The van der Waals surface area contributed by atoms with Crippen molar-refractivity contribution in [3.8, 4) is 22.6 Å². The van der Waals surface area contributed by atoms with Gasteiger partial charge in [0.25, 0.3) is 5.91 Å².